The van der Waals surface area contributed by atoms with Gasteiger partial charge in [-0.15, -0.1) is 0 Å². The Kier molecular flexibility index (Phi) is 3.80. The van der Waals surface area contributed by atoms with Crippen LogP contribution in [0.1, 0.15) is 10.4 Å². The molecule has 0 spiro atoms. The summed E-state index contributed by atoms with van der Waals surface area (Å²) in [7, 11) is 1.70. The van der Waals surface area contributed by atoms with E-state index in [1.807, 2.05) is 6.07 Å². The number of rotatable bonds is 2. The SMILES string of the molecule is Cn1c(N)c(C(=O)Nc2ccccc2)c(=O)c2cc(Cl)ccc21. The quantitative estimate of drug-likeness (QED) is 0.759. The number of carbonyl (C=O) groups is 1. The van der Waals surface area contributed by atoms with Gasteiger partial charge in [-0.3, -0.25) is 9.59 Å². The molecule has 116 valence electrons. The second-order valence-electron chi connectivity index (χ2n) is 5.13. The van der Waals surface area contributed by atoms with Crippen LogP contribution in [0.4, 0.5) is 11.5 Å². The fourth-order valence-corrected chi connectivity index (χ4v) is 2.64. The van der Waals surface area contributed by atoms with Gasteiger partial charge in [0.15, 0.2) is 0 Å². The summed E-state index contributed by atoms with van der Waals surface area (Å²) in [5.74, 6) is -0.436. The molecule has 1 amide bonds. The number of aromatic nitrogens is 1. The molecule has 3 rings (SSSR count). The summed E-state index contributed by atoms with van der Waals surface area (Å²) in [4.78, 5) is 25.2. The van der Waals surface area contributed by atoms with Crippen molar-refractivity contribution in [3.05, 3.63) is 69.3 Å². The van der Waals surface area contributed by atoms with E-state index in [2.05, 4.69) is 5.32 Å². The van der Waals surface area contributed by atoms with Gasteiger partial charge in [-0.2, -0.15) is 0 Å². The highest BCUT2D eigenvalue weighted by molar-refractivity contribution is 6.31. The molecule has 3 N–H and O–H groups in total. The first kappa shape index (κ1) is 15.1. The van der Waals surface area contributed by atoms with Crippen LogP contribution in [0.3, 0.4) is 0 Å². The fourth-order valence-electron chi connectivity index (χ4n) is 2.47. The molecule has 2 aromatic carbocycles. The third-order valence-corrected chi connectivity index (χ3v) is 3.90. The third kappa shape index (κ3) is 2.66. The van der Waals surface area contributed by atoms with Crippen molar-refractivity contribution >= 4 is 39.9 Å². The number of para-hydroxylation sites is 1. The number of fused-ring (bicyclic) bond motifs is 1. The molecular formula is C17H14ClN3O2. The molecule has 0 aliphatic carbocycles. The van der Waals surface area contributed by atoms with Gasteiger partial charge in [-0.1, -0.05) is 29.8 Å². The van der Waals surface area contributed by atoms with Gasteiger partial charge >= 0.3 is 0 Å². The van der Waals surface area contributed by atoms with Gasteiger partial charge in [0.2, 0.25) is 5.43 Å². The van der Waals surface area contributed by atoms with Crippen molar-refractivity contribution in [2.45, 2.75) is 0 Å². The van der Waals surface area contributed by atoms with E-state index in [0.717, 1.165) is 0 Å². The van der Waals surface area contributed by atoms with Crippen LogP contribution in [0.15, 0.2) is 53.3 Å². The first-order chi connectivity index (χ1) is 11.0. The van der Waals surface area contributed by atoms with Gasteiger partial charge in [0.1, 0.15) is 11.4 Å². The molecule has 0 saturated heterocycles. The molecule has 23 heavy (non-hydrogen) atoms. The standard InChI is InChI=1S/C17H14ClN3O2/c1-21-13-8-7-10(18)9-12(13)15(22)14(16(21)19)17(23)20-11-5-3-2-4-6-11/h2-9H,19H2,1H3,(H,20,23). The Bertz CT molecular complexity index is 965. The van der Waals surface area contributed by atoms with Crippen LogP contribution in [0.2, 0.25) is 5.02 Å². The Balaban J connectivity index is 2.17. The van der Waals surface area contributed by atoms with Gasteiger partial charge in [-0.05, 0) is 30.3 Å². The molecular weight excluding hydrogens is 314 g/mol. The van der Waals surface area contributed by atoms with Crippen molar-refractivity contribution in [1.82, 2.24) is 4.57 Å². The van der Waals surface area contributed by atoms with E-state index in [9.17, 15) is 9.59 Å². The second kappa shape index (κ2) is 5.78. The molecule has 6 heteroatoms. The average Bonchev–Trinajstić information content (AvgIpc) is 2.54. The zero-order chi connectivity index (χ0) is 16.6. The zero-order valence-electron chi connectivity index (χ0n) is 12.3. The lowest BCUT2D eigenvalue weighted by molar-refractivity contribution is 0.102. The lowest BCUT2D eigenvalue weighted by atomic mass is 10.1. The van der Waals surface area contributed by atoms with Gasteiger partial charge in [-0.25, -0.2) is 0 Å². The number of pyridine rings is 1. The Morgan fingerprint density at radius 1 is 1.17 bits per heavy atom. The Labute approximate surface area is 137 Å². The molecule has 1 heterocycles. The van der Waals surface area contributed by atoms with Gasteiger partial charge < -0.3 is 15.6 Å². The summed E-state index contributed by atoms with van der Waals surface area (Å²) in [5, 5.41) is 3.46. The molecule has 0 saturated carbocycles. The predicted octanol–water partition coefficient (Wildman–Crippen LogP) is 3.03. The van der Waals surface area contributed by atoms with E-state index in [4.69, 9.17) is 17.3 Å². The van der Waals surface area contributed by atoms with Crippen LogP contribution in [0.5, 0.6) is 0 Å². The normalized spacial score (nSPS) is 10.7. The minimum absolute atomic E-state index is 0.0916. The van der Waals surface area contributed by atoms with Crippen molar-refractivity contribution < 1.29 is 4.79 Å². The molecule has 0 radical (unpaired) electrons. The van der Waals surface area contributed by atoms with E-state index >= 15 is 0 Å². The third-order valence-electron chi connectivity index (χ3n) is 3.67. The number of nitrogens with one attached hydrogen (secondary N) is 1. The molecule has 5 nitrogen and oxygen atoms in total. The minimum Gasteiger partial charge on any atom is -0.384 e. The number of halogens is 1. The van der Waals surface area contributed by atoms with E-state index in [1.54, 1.807) is 48.0 Å². The topological polar surface area (TPSA) is 77.1 Å². The van der Waals surface area contributed by atoms with Crippen molar-refractivity contribution in [3.8, 4) is 0 Å². The lowest BCUT2D eigenvalue weighted by Crippen LogP contribution is -2.26. The van der Waals surface area contributed by atoms with E-state index in [1.165, 1.54) is 6.07 Å². The number of amides is 1. The summed E-state index contributed by atoms with van der Waals surface area (Å²) >= 11 is 5.96. The highest BCUT2D eigenvalue weighted by Crippen LogP contribution is 2.21. The summed E-state index contributed by atoms with van der Waals surface area (Å²) in [6.45, 7) is 0. The average molecular weight is 328 g/mol. The largest absolute Gasteiger partial charge is 0.384 e. The summed E-state index contributed by atoms with van der Waals surface area (Å²) < 4.78 is 1.60. The Morgan fingerprint density at radius 3 is 2.57 bits per heavy atom. The van der Waals surface area contributed by atoms with E-state index in [0.29, 0.717) is 21.6 Å². The van der Waals surface area contributed by atoms with Gasteiger partial charge in [0, 0.05) is 23.1 Å². The first-order valence-electron chi connectivity index (χ1n) is 6.93. The van der Waals surface area contributed by atoms with Crippen LogP contribution in [-0.4, -0.2) is 10.5 Å². The number of hydrogen-bond donors (Lipinski definition) is 2. The van der Waals surface area contributed by atoms with Gasteiger partial charge in [0.05, 0.1) is 5.52 Å². The lowest BCUT2D eigenvalue weighted by Gasteiger charge is -2.14. The first-order valence-corrected chi connectivity index (χ1v) is 7.31. The summed E-state index contributed by atoms with van der Waals surface area (Å²) in [5.41, 5.74) is 6.69. The molecule has 0 unspecified atom stereocenters. The molecule has 1 aromatic heterocycles. The summed E-state index contributed by atoms with van der Waals surface area (Å²) in [6.07, 6.45) is 0. The number of anilines is 2. The monoisotopic (exact) mass is 327 g/mol. The van der Waals surface area contributed by atoms with Crippen molar-refractivity contribution in [2.24, 2.45) is 7.05 Å². The van der Waals surface area contributed by atoms with Crippen LogP contribution < -0.4 is 16.5 Å². The minimum atomic E-state index is -0.545. The number of carbonyl (C=O) groups excluding carboxylic acids is 1. The van der Waals surface area contributed by atoms with Crippen molar-refractivity contribution in [2.75, 3.05) is 11.1 Å². The maximum absolute atomic E-state index is 12.7. The maximum atomic E-state index is 12.7. The highest BCUT2D eigenvalue weighted by Gasteiger charge is 2.20. The highest BCUT2D eigenvalue weighted by atomic mass is 35.5. The Morgan fingerprint density at radius 2 is 1.87 bits per heavy atom. The molecule has 0 fully saturated rings. The van der Waals surface area contributed by atoms with Crippen molar-refractivity contribution in [1.29, 1.82) is 0 Å². The maximum Gasteiger partial charge on any atom is 0.263 e. The zero-order valence-corrected chi connectivity index (χ0v) is 13.1. The van der Waals surface area contributed by atoms with Gasteiger partial charge in [0.25, 0.3) is 5.91 Å². The molecule has 0 bridgehead atoms. The summed E-state index contributed by atoms with van der Waals surface area (Å²) in [6, 6.07) is 13.8. The van der Waals surface area contributed by atoms with Crippen LogP contribution in [0, 0.1) is 0 Å². The predicted molar refractivity (Wildman–Crippen MR) is 93.0 cm³/mol. The number of nitrogens with zero attached hydrogens (tertiary/aromatic N) is 1. The molecule has 3 aromatic rings. The second-order valence-corrected chi connectivity index (χ2v) is 5.57. The smallest absolute Gasteiger partial charge is 0.263 e. The fraction of sp³-hybridized carbons (Fsp3) is 0.0588. The number of nitrogens with two attached hydrogens (primary N) is 1. The number of benzene rings is 2. The molecule has 0 atom stereocenters. The molecule has 0 aliphatic heterocycles. The van der Waals surface area contributed by atoms with Crippen molar-refractivity contribution in [3.63, 3.8) is 0 Å². The van der Waals surface area contributed by atoms with Crippen LogP contribution in [0.25, 0.3) is 10.9 Å². The van der Waals surface area contributed by atoms with E-state index in [-0.39, 0.29) is 11.4 Å². The van der Waals surface area contributed by atoms with Crippen LogP contribution in [-0.2, 0) is 7.05 Å². The number of nitrogen functional groups attached to an aromatic ring is 1. The van der Waals surface area contributed by atoms with Crippen LogP contribution >= 0.6 is 11.6 Å². The number of hydrogen-bond acceptors (Lipinski definition) is 3. The number of aryl methyl sites for hydroxylation is 1. The van der Waals surface area contributed by atoms with E-state index < -0.39 is 11.3 Å². The Hall–Kier alpha value is -2.79. The molecule has 0 aliphatic rings.